The number of halogens is 3. The lowest BCUT2D eigenvalue weighted by molar-refractivity contribution is 0.306. The van der Waals surface area contributed by atoms with E-state index in [1.54, 1.807) is 18.3 Å². The van der Waals surface area contributed by atoms with Crippen LogP contribution < -0.4 is 4.74 Å². The first-order chi connectivity index (χ1) is 12.5. The standard InChI is InChI=1S/C21H16Cl3NO/c1-14-17(22)8-5-9-20(14)25-12-16-10-18(23)21(19(24)11-16)26-13-15-6-3-2-4-7-15/h2-12H,13H2,1H3. The summed E-state index contributed by atoms with van der Waals surface area (Å²) >= 11 is 18.8. The highest BCUT2D eigenvalue weighted by molar-refractivity contribution is 6.37. The Balaban J connectivity index is 1.78. The maximum absolute atomic E-state index is 6.35. The maximum atomic E-state index is 6.35. The van der Waals surface area contributed by atoms with Crippen molar-refractivity contribution in [2.75, 3.05) is 0 Å². The summed E-state index contributed by atoms with van der Waals surface area (Å²) in [5, 5.41) is 1.57. The van der Waals surface area contributed by atoms with Crippen LogP contribution in [0.5, 0.6) is 5.75 Å². The van der Waals surface area contributed by atoms with Gasteiger partial charge < -0.3 is 4.74 Å². The van der Waals surface area contributed by atoms with Crippen LogP contribution in [-0.4, -0.2) is 6.21 Å². The highest BCUT2D eigenvalue weighted by Gasteiger charge is 2.10. The zero-order chi connectivity index (χ0) is 18.5. The quantitative estimate of drug-likeness (QED) is 0.409. The first kappa shape index (κ1) is 18.8. The van der Waals surface area contributed by atoms with Crippen molar-refractivity contribution in [3.05, 3.63) is 92.4 Å². The number of nitrogens with zero attached hydrogens (tertiary/aromatic N) is 1. The van der Waals surface area contributed by atoms with Gasteiger partial charge in [-0.1, -0.05) is 71.2 Å². The summed E-state index contributed by atoms with van der Waals surface area (Å²) in [6.07, 6.45) is 1.71. The van der Waals surface area contributed by atoms with Gasteiger partial charge in [-0.2, -0.15) is 0 Å². The molecular formula is C21H16Cl3NO. The molecule has 0 saturated heterocycles. The summed E-state index contributed by atoms with van der Waals surface area (Å²) in [7, 11) is 0. The lowest BCUT2D eigenvalue weighted by atomic mass is 10.2. The minimum atomic E-state index is 0.398. The molecule has 0 amide bonds. The summed E-state index contributed by atoms with van der Waals surface area (Å²) in [5.41, 5.74) is 3.55. The van der Waals surface area contributed by atoms with Crippen LogP contribution in [0.25, 0.3) is 0 Å². The minimum absolute atomic E-state index is 0.398. The van der Waals surface area contributed by atoms with Gasteiger partial charge in [0.15, 0.2) is 5.75 Å². The largest absolute Gasteiger partial charge is 0.486 e. The molecule has 0 bridgehead atoms. The smallest absolute Gasteiger partial charge is 0.157 e. The Morgan fingerprint density at radius 2 is 1.58 bits per heavy atom. The van der Waals surface area contributed by atoms with Gasteiger partial charge in [0.1, 0.15) is 6.61 Å². The van der Waals surface area contributed by atoms with Crippen molar-refractivity contribution in [1.82, 2.24) is 0 Å². The molecule has 0 radical (unpaired) electrons. The van der Waals surface area contributed by atoms with Gasteiger partial charge in [-0.3, -0.25) is 4.99 Å². The number of aliphatic imine (C=N–C) groups is 1. The van der Waals surface area contributed by atoms with Crippen LogP contribution in [0.1, 0.15) is 16.7 Å². The molecule has 5 heteroatoms. The Kier molecular flexibility index (Phi) is 6.20. The van der Waals surface area contributed by atoms with Crippen molar-refractivity contribution >= 4 is 46.7 Å². The zero-order valence-electron chi connectivity index (χ0n) is 14.0. The van der Waals surface area contributed by atoms with Crippen LogP contribution >= 0.6 is 34.8 Å². The fourth-order valence-electron chi connectivity index (χ4n) is 2.40. The average Bonchev–Trinajstić information content (AvgIpc) is 2.63. The zero-order valence-corrected chi connectivity index (χ0v) is 16.3. The molecule has 0 saturated carbocycles. The normalized spacial score (nSPS) is 11.1. The molecule has 0 aliphatic rings. The summed E-state index contributed by atoms with van der Waals surface area (Å²) in [6, 6.07) is 19.0. The van der Waals surface area contributed by atoms with Crippen molar-refractivity contribution < 1.29 is 4.74 Å². The molecule has 3 aromatic carbocycles. The third kappa shape index (κ3) is 4.59. The Morgan fingerprint density at radius 3 is 2.27 bits per heavy atom. The van der Waals surface area contributed by atoms with Crippen LogP contribution in [0.3, 0.4) is 0 Å². The fraction of sp³-hybridized carbons (Fsp3) is 0.0952. The van der Waals surface area contributed by atoms with E-state index in [4.69, 9.17) is 39.5 Å². The highest BCUT2D eigenvalue weighted by atomic mass is 35.5. The number of rotatable bonds is 5. The van der Waals surface area contributed by atoms with E-state index >= 15 is 0 Å². The third-order valence-corrected chi connectivity index (χ3v) is 4.81. The molecule has 0 unspecified atom stereocenters. The van der Waals surface area contributed by atoms with E-state index in [0.717, 1.165) is 22.4 Å². The van der Waals surface area contributed by atoms with E-state index in [1.807, 2.05) is 55.5 Å². The van der Waals surface area contributed by atoms with E-state index in [9.17, 15) is 0 Å². The Morgan fingerprint density at radius 1 is 0.885 bits per heavy atom. The molecule has 0 aliphatic heterocycles. The predicted molar refractivity (Wildman–Crippen MR) is 111 cm³/mol. The molecule has 0 spiro atoms. The number of benzene rings is 3. The van der Waals surface area contributed by atoms with Gasteiger partial charge >= 0.3 is 0 Å². The van der Waals surface area contributed by atoms with Gasteiger partial charge in [0, 0.05) is 11.2 Å². The van der Waals surface area contributed by atoms with E-state index < -0.39 is 0 Å². The van der Waals surface area contributed by atoms with Crippen molar-refractivity contribution in [3.63, 3.8) is 0 Å². The minimum Gasteiger partial charge on any atom is -0.486 e. The van der Waals surface area contributed by atoms with E-state index in [-0.39, 0.29) is 0 Å². The molecule has 0 fully saturated rings. The second-order valence-corrected chi connectivity index (χ2v) is 6.95. The lowest BCUT2D eigenvalue weighted by Gasteiger charge is -2.11. The van der Waals surface area contributed by atoms with Gasteiger partial charge in [0.2, 0.25) is 0 Å². The average molecular weight is 405 g/mol. The molecule has 0 N–H and O–H groups in total. The number of ether oxygens (including phenoxy) is 1. The summed E-state index contributed by atoms with van der Waals surface area (Å²) in [6.45, 7) is 2.32. The summed E-state index contributed by atoms with van der Waals surface area (Å²) in [5.74, 6) is 0.466. The number of hydrogen-bond acceptors (Lipinski definition) is 2. The topological polar surface area (TPSA) is 21.6 Å². The van der Waals surface area contributed by atoms with Gasteiger partial charge in [-0.15, -0.1) is 0 Å². The van der Waals surface area contributed by atoms with Gasteiger partial charge in [0.25, 0.3) is 0 Å². The molecule has 3 rings (SSSR count). The van der Waals surface area contributed by atoms with Crippen LogP contribution in [0.4, 0.5) is 5.69 Å². The molecule has 0 heterocycles. The second kappa shape index (κ2) is 8.59. The van der Waals surface area contributed by atoms with Gasteiger partial charge in [0.05, 0.1) is 15.7 Å². The summed E-state index contributed by atoms with van der Waals surface area (Å²) < 4.78 is 5.78. The molecular weight excluding hydrogens is 389 g/mol. The highest BCUT2D eigenvalue weighted by Crippen LogP contribution is 2.34. The van der Waals surface area contributed by atoms with Crippen LogP contribution in [0.2, 0.25) is 15.1 Å². The molecule has 132 valence electrons. The molecule has 2 nitrogen and oxygen atoms in total. The van der Waals surface area contributed by atoms with Crippen molar-refractivity contribution in [2.24, 2.45) is 4.99 Å². The molecule has 3 aromatic rings. The van der Waals surface area contributed by atoms with E-state index in [1.165, 1.54) is 0 Å². The molecule has 0 aromatic heterocycles. The van der Waals surface area contributed by atoms with Crippen molar-refractivity contribution in [2.45, 2.75) is 13.5 Å². The Hall–Kier alpha value is -2.00. The van der Waals surface area contributed by atoms with Crippen LogP contribution in [-0.2, 0) is 6.61 Å². The second-order valence-electron chi connectivity index (χ2n) is 5.73. The molecule has 0 atom stereocenters. The lowest BCUT2D eigenvalue weighted by Crippen LogP contribution is -1.97. The maximum Gasteiger partial charge on any atom is 0.157 e. The van der Waals surface area contributed by atoms with Crippen LogP contribution in [0, 0.1) is 6.92 Å². The van der Waals surface area contributed by atoms with E-state index in [2.05, 4.69) is 4.99 Å². The SMILES string of the molecule is Cc1c(Cl)cccc1N=Cc1cc(Cl)c(OCc2ccccc2)c(Cl)c1. The molecule has 26 heavy (non-hydrogen) atoms. The van der Waals surface area contributed by atoms with Gasteiger partial charge in [-0.05, 0) is 47.9 Å². The monoisotopic (exact) mass is 403 g/mol. The first-order valence-corrected chi connectivity index (χ1v) is 9.13. The predicted octanol–water partition coefficient (Wildman–Crippen LogP) is 7.28. The van der Waals surface area contributed by atoms with Crippen molar-refractivity contribution in [1.29, 1.82) is 0 Å². The number of hydrogen-bond donors (Lipinski definition) is 0. The fourth-order valence-corrected chi connectivity index (χ4v) is 3.18. The summed E-state index contributed by atoms with van der Waals surface area (Å²) in [4.78, 5) is 4.47. The Bertz CT molecular complexity index is 916. The van der Waals surface area contributed by atoms with Gasteiger partial charge in [-0.25, -0.2) is 0 Å². The Labute approximate surface area is 168 Å². The van der Waals surface area contributed by atoms with E-state index in [0.29, 0.717) is 27.4 Å². The first-order valence-electron chi connectivity index (χ1n) is 7.99. The molecule has 0 aliphatic carbocycles. The van der Waals surface area contributed by atoms with Crippen molar-refractivity contribution in [3.8, 4) is 5.75 Å². The third-order valence-electron chi connectivity index (χ3n) is 3.84. The van der Waals surface area contributed by atoms with Crippen LogP contribution in [0.15, 0.2) is 65.7 Å².